The van der Waals surface area contributed by atoms with Gasteiger partial charge in [0.1, 0.15) is 0 Å². The van der Waals surface area contributed by atoms with E-state index in [0.717, 1.165) is 0 Å². The molecule has 0 unspecified atom stereocenters. The van der Waals surface area contributed by atoms with Crippen LogP contribution in [0.2, 0.25) is 0 Å². The summed E-state index contributed by atoms with van der Waals surface area (Å²) in [5.74, 6) is -8.66. The molecule has 0 saturated heterocycles. The molecule has 0 heterocycles. The monoisotopic (exact) mass is 470 g/mol. The fourth-order valence-corrected chi connectivity index (χ4v) is 2.05. The van der Waals surface area contributed by atoms with Gasteiger partial charge in [0.05, 0.1) is 0 Å². The third kappa shape index (κ3) is 7.96. The van der Waals surface area contributed by atoms with Gasteiger partial charge in [-0.05, 0) is 0 Å². The van der Waals surface area contributed by atoms with E-state index in [9.17, 15) is 28.8 Å². The van der Waals surface area contributed by atoms with E-state index in [0.29, 0.717) is 0 Å². The Morgan fingerprint density at radius 1 is 0.737 bits per heavy atom. The van der Waals surface area contributed by atoms with Gasteiger partial charge in [-0.2, -0.15) is 0 Å². The van der Waals surface area contributed by atoms with Gasteiger partial charge in [-0.1, -0.05) is 0 Å². The molecule has 2 radical (unpaired) electrons. The Bertz CT molecular complexity index is 399. The molecule has 0 aromatic heterocycles. The number of hydrogen-bond donors (Lipinski definition) is 2. The summed E-state index contributed by atoms with van der Waals surface area (Å²) in [6.07, 6.45) is -1.98. The fourth-order valence-electron chi connectivity index (χ4n) is 0.599. The van der Waals surface area contributed by atoms with E-state index in [1.54, 1.807) is 0 Å². The van der Waals surface area contributed by atoms with Crippen LogP contribution >= 0.6 is 0 Å². The van der Waals surface area contributed by atoms with Gasteiger partial charge < -0.3 is 0 Å². The molecule has 0 aliphatic rings. The topological polar surface area (TPSA) is 161 Å². The van der Waals surface area contributed by atoms with Crippen LogP contribution in [0, 0.1) is 0 Å². The van der Waals surface area contributed by atoms with Gasteiger partial charge in [-0.3, -0.25) is 0 Å². The van der Waals surface area contributed by atoms with E-state index >= 15 is 0 Å². The Balaban J connectivity index is 3.91. The maximum atomic E-state index is 10.9. The zero-order chi connectivity index (χ0) is 15.0. The van der Waals surface area contributed by atoms with Crippen molar-refractivity contribution in [3.05, 3.63) is 0 Å². The summed E-state index contributed by atoms with van der Waals surface area (Å²) in [7, 11) is 0. The summed E-state index contributed by atoms with van der Waals surface area (Å²) < 4.78 is 8.69. The molecule has 11 heteroatoms. The third-order valence-electron chi connectivity index (χ3n) is 1.40. The zero-order valence-corrected chi connectivity index (χ0v) is 13.0. The van der Waals surface area contributed by atoms with E-state index in [-0.39, 0.29) is 0 Å². The van der Waals surface area contributed by atoms with E-state index in [4.69, 9.17) is 10.2 Å². The van der Waals surface area contributed by atoms with Gasteiger partial charge in [-0.25, -0.2) is 0 Å². The van der Waals surface area contributed by atoms with Gasteiger partial charge in [-0.15, -0.1) is 0 Å². The van der Waals surface area contributed by atoms with Crippen LogP contribution in [0.15, 0.2) is 0 Å². The van der Waals surface area contributed by atoms with Gasteiger partial charge in [0.25, 0.3) is 0 Å². The predicted octanol–water partition coefficient (Wildman–Crippen LogP) is -2.31. The van der Waals surface area contributed by atoms with Crippen molar-refractivity contribution in [1.29, 1.82) is 0 Å². The van der Waals surface area contributed by atoms with Gasteiger partial charge in [0.2, 0.25) is 0 Å². The number of aliphatic carboxylic acids is 2. The van der Waals surface area contributed by atoms with E-state index in [1.165, 1.54) is 0 Å². The number of rotatable bonds is 8. The summed E-state index contributed by atoms with van der Waals surface area (Å²) >= 11 is -2.71. The molecule has 0 spiro atoms. The van der Waals surface area contributed by atoms with Gasteiger partial charge in [0, 0.05) is 0 Å². The molecular weight excluding hydrogens is 463 g/mol. The first-order chi connectivity index (χ1) is 8.73. The summed E-state index contributed by atoms with van der Waals surface area (Å²) in [6.45, 7) is 0. The van der Waals surface area contributed by atoms with E-state index in [2.05, 4.69) is 5.37 Å². The van der Waals surface area contributed by atoms with E-state index < -0.39 is 73.4 Å². The average molecular weight is 469 g/mol. The summed E-state index contributed by atoms with van der Waals surface area (Å²) in [4.78, 5) is 63.0. The molecule has 102 valence electrons. The SMILES string of the molecule is O=C(CC(=O)C(=O)O)[O][Pb][O]C(=O)CC(=O)C(=O)O. The molecular formula is C8H6O10Pb. The van der Waals surface area contributed by atoms with Gasteiger partial charge in [0.15, 0.2) is 0 Å². The number of carbonyl (C=O) groups excluding carboxylic acids is 4. The number of carboxylic acids is 2. The normalized spacial score (nSPS) is 9.26. The minimum atomic E-state index is -2.71. The number of ketones is 2. The molecule has 0 rings (SSSR count). The average Bonchev–Trinajstić information content (AvgIpc) is 2.28. The van der Waals surface area contributed by atoms with Crippen LogP contribution < -0.4 is 0 Å². The second-order valence-electron chi connectivity index (χ2n) is 2.84. The molecule has 0 bridgehead atoms. The number of carbonyl (C=O) groups is 6. The van der Waals surface area contributed by atoms with Crippen LogP contribution in [0.4, 0.5) is 0 Å². The van der Waals surface area contributed by atoms with Crippen LogP contribution in [0.25, 0.3) is 0 Å². The molecule has 2 N–H and O–H groups in total. The predicted molar refractivity (Wildman–Crippen MR) is 52.5 cm³/mol. The van der Waals surface area contributed by atoms with Crippen molar-refractivity contribution < 1.29 is 44.4 Å². The first-order valence-electron chi connectivity index (χ1n) is 4.40. The molecule has 0 amide bonds. The molecule has 0 aromatic carbocycles. The van der Waals surface area contributed by atoms with Crippen molar-refractivity contribution in [1.82, 2.24) is 0 Å². The van der Waals surface area contributed by atoms with Crippen molar-refractivity contribution in [2.75, 3.05) is 0 Å². The molecule has 0 fully saturated rings. The maximum absolute atomic E-state index is 10.9. The number of Topliss-reactive ketones (excluding diaryl/α,β-unsaturated/α-hetero) is 2. The second kappa shape index (κ2) is 8.28. The second-order valence-corrected chi connectivity index (χ2v) is 5.08. The number of hydrogen-bond acceptors (Lipinski definition) is 8. The van der Waals surface area contributed by atoms with Crippen LogP contribution in [0.1, 0.15) is 12.8 Å². The summed E-state index contributed by atoms with van der Waals surface area (Å²) in [6, 6.07) is 0. The fraction of sp³-hybridized carbons (Fsp3) is 0.250. The van der Waals surface area contributed by atoms with Crippen LogP contribution in [0.5, 0.6) is 0 Å². The molecule has 0 atom stereocenters. The molecule has 10 nitrogen and oxygen atoms in total. The van der Waals surface area contributed by atoms with Crippen LogP contribution in [0.3, 0.4) is 0 Å². The van der Waals surface area contributed by atoms with Crippen molar-refractivity contribution in [2.45, 2.75) is 12.8 Å². The molecule has 0 aliphatic heterocycles. The Morgan fingerprint density at radius 3 is 1.32 bits per heavy atom. The summed E-state index contributed by atoms with van der Waals surface area (Å²) in [5.41, 5.74) is 0. The minimum absolute atomic E-state index is 0.992. The zero-order valence-electron chi connectivity index (χ0n) is 9.07. The van der Waals surface area contributed by atoms with E-state index in [1.807, 2.05) is 0 Å². The van der Waals surface area contributed by atoms with Gasteiger partial charge >= 0.3 is 118 Å². The molecule has 0 aliphatic carbocycles. The molecule has 19 heavy (non-hydrogen) atoms. The quantitative estimate of drug-likeness (QED) is 0.225. The summed E-state index contributed by atoms with van der Waals surface area (Å²) in [5, 5.41) is 16.4. The standard InChI is InChI=1S/2C4H4O5.Pb/c2*5-2(4(8)9)1-3(6)7;/h2*1H2,(H,6,7)(H,8,9);/q;;+2/p-2. The molecule has 0 aromatic rings. The van der Waals surface area contributed by atoms with Crippen LogP contribution in [-0.2, 0) is 34.1 Å². The Kier molecular flexibility index (Phi) is 7.47. The molecule has 0 saturated carbocycles. The third-order valence-corrected chi connectivity index (χ3v) is 3.82. The van der Waals surface area contributed by atoms with Crippen molar-refractivity contribution >= 4 is 60.6 Å². The van der Waals surface area contributed by atoms with Crippen molar-refractivity contribution in [2.24, 2.45) is 0 Å². The van der Waals surface area contributed by atoms with Crippen molar-refractivity contribution in [3.63, 3.8) is 0 Å². The first kappa shape index (κ1) is 17.1. The first-order valence-corrected chi connectivity index (χ1v) is 7.58. The Morgan fingerprint density at radius 2 is 1.05 bits per heavy atom. The number of carboxylic acid groups (broad SMARTS) is 2. The Labute approximate surface area is 118 Å². The van der Waals surface area contributed by atoms with Crippen molar-refractivity contribution in [3.8, 4) is 0 Å². The van der Waals surface area contributed by atoms with Crippen LogP contribution in [-0.4, -0.2) is 70.8 Å². The Hall–Kier alpha value is -1.86.